The van der Waals surface area contributed by atoms with Crippen molar-refractivity contribution in [2.75, 3.05) is 48.4 Å². The third-order valence-corrected chi connectivity index (χ3v) is 5.21. The predicted octanol–water partition coefficient (Wildman–Crippen LogP) is 1.59. The lowest BCUT2D eigenvalue weighted by Gasteiger charge is -2.38. The largest absolute Gasteiger partial charge is 0.369 e. The van der Waals surface area contributed by atoms with E-state index in [4.69, 9.17) is 0 Å². The Morgan fingerprint density at radius 2 is 1.71 bits per heavy atom. The second kappa shape index (κ2) is 7.98. The first kappa shape index (κ1) is 18.7. The molecule has 1 saturated heterocycles. The predicted molar refractivity (Wildman–Crippen MR) is 98.3 cm³/mol. The van der Waals surface area contributed by atoms with Crippen molar-refractivity contribution in [3.8, 4) is 0 Å². The fourth-order valence-electron chi connectivity index (χ4n) is 2.75. The van der Waals surface area contributed by atoms with Crippen molar-refractivity contribution in [3.63, 3.8) is 0 Å². The average molecular weight is 353 g/mol. The molecule has 2 rings (SSSR count). The molecule has 0 atom stereocenters. The van der Waals surface area contributed by atoms with E-state index in [1.165, 1.54) is 0 Å². The number of sulfone groups is 1. The molecule has 1 N–H and O–H groups in total. The van der Waals surface area contributed by atoms with Gasteiger partial charge in [0.15, 0.2) is 0 Å². The molecule has 7 heteroatoms. The molecule has 134 valence electrons. The smallest absolute Gasteiger partial charge is 0.225 e. The Balaban J connectivity index is 1.86. The second-order valence-corrected chi connectivity index (χ2v) is 8.85. The number of carbonyl (C=O) groups is 1. The summed E-state index contributed by atoms with van der Waals surface area (Å²) in [6, 6.07) is 8.30. The van der Waals surface area contributed by atoms with Crippen LogP contribution in [0.25, 0.3) is 0 Å². The van der Waals surface area contributed by atoms with Crippen LogP contribution in [0.3, 0.4) is 0 Å². The van der Waals surface area contributed by atoms with E-state index in [2.05, 4.69) is 29.0 Å². The standard InChI is InChI=1S/C17H27N3O3S/c1-14(2)19-9-11-20(12-10-19)16-6-4-15(5-7-16)18-17(21)8-13-24(3,22)23/h4-7,14H,8-13H2,1-3H3,(H,18,21). The summed E-state index contributed by atoms with van der Waals surface area (Å²) >= 11 is 0. The van der Waals surface area contributed by atoms with E-state index in [0.29, 0.717) is 11.7 Å². The minimum atomic E-state index is -3.11. The highest BCUT2D eigenvalue weighted by Gasteiger charge is 2.18. The van der Waals surface area contributed by atoms with Crippen molar-refractivity contribution in [2.24, 2.45) is 0 Å². The monoisotopic (exact) mass is 353 g/mol. The van der Waals surface area contributed by atoms with E-state index in [-0.39, 0.29) is 18.1 Å². The first-order valence-corrected chi connectivity index (χ1v) is 10.4. The summed E-state index contributed by atoms with van der Waals surface area (Å²) in [5, 5.41) is 2.74. The Morgan fingerprint density at radius 1 is 1.12 bits per heavy atom. The molecule has 1 fully saturated rings. The van der Waals surface area contributed by atoms with Gasteiger partial charge in [0.1, 0.15) is 9.84 Å². The van der Waals surface area contributed by atoms with Crippen LogP contribution in [0.4, 0.5) is 11.4 Å². The number of piperazine rings is 1. The number of anilines is 2. The SMILES string of the molecule is CC(C)N1CCN(c2ccc(NC(=O)CCS(C)(=O)=O)cc2)CC1. The maximum absolute atomic E-state index is 11.8. The molecule has 1 aromatic carbocycles. The van der Waals surface area contributed by atoms with Gasteiger partial charge in [-0.1, -0.05) is 0 Å². The number of amides is 1. The van der Waals surface area contributed by atoms with Crippen molar-refractivity contribution in [1.29, 1.82) is 0 Å². The summed E-state index contributed by atoms with van der Waals surface area (Å²) in [5.74, 6) is -0.407. The fraction of sp³-hybridized carbons (Fsp3) is 0.588. The van der Waals surface area contributed by atoms with Crippen LogP contribution < -0.4 is 10.2 Å². The Hall–Kier alpha value is -1.60. The van der Waals surface area contributed by atoms with Gasteiger partial charge in [0.05, 0.1) is 5.75 Å². The van der Waals surface area contributed by atoms with E-state index in [1.807, 2.05) is 24.3 Å². The van der Waals surface area contributed by atoms with E-state index >= 15 is 0 Å². The van der Waals surface area contributed by atoms with Crippen LogP contribution in [0.1, 0.15) is 20.3 Å². The molecular formula is C17H27N3O3S. The van der Waals surface area contributed by atoms with E-state index < -0.39 is 9.84 Å². The quantitative estimate of drug-likeness (QED) is 0.841. The molecule has 1 aliphatic rings. The van der Waals surface area contributed by atoms with Gasteiger partial charge in [-0.3, -0.25) is 9.69 Å². The number of nitrogens with zero attached hydrogens (tertiary/aromatic N) is 2. The van der Waals surface area contributed by atoms with Gasteiger partial charge in [-0.25, -0.2) is 8.42 Å². The van der Waals surface area contributed by atoms with Crippen molar-refractivity contribution in [3.05, 3.63) is 24.3 Å². The zero-order chi connectivity index (χ0) is 17.7. The van der Waals surface area contributed by atoms with Crippen LogP contribution in [0.2, 0.25) is 0 Å². The van der Waals surface area contributed by atoms with Gasteiger partial charge in [0.2, 0.25) is 5.91 Å². The number of hydrogen-bond acceptors (Lipinski definition) is 5. The molecule has 0 aromatic heterocycles. The van der Waals surface area contributed by atoms with Gasteiger partial charge < -0.3 is 10.2 Å². The van der Waals surface area contributed by atoms with Crippen LogP contribution in [-0.4, -0.2) is 63.5 Å². The number of rotatable bonds is 6. The fourth-order valence-corrected chi connectivity index (χ4v) is 3.31. The number of hydrogen-bond donors (Lipinski definition) is 1. The van der Waals surface area contributed by atoms with Crippen LogP contribution in [0.5, 0.6) is 0 Å². The van der Waals surface area contributed by atoms with Gasteiger partial charge in [-0.2, -0.15) is 0 Å². The van der Waals surface area contributed by atoms with Gasteiger partial charge in [-0.05, 0) is 38.1 Å². The van der Waals surface area contributed by atoms with E-state index in [9.17, 15) is 13.2 Å². The highest BCUT2D eigenvalue weighted by Crippen LogP contribution is 2.20. The molecule has 0 saturated carbocycles. The third kappa shape index (κ3) is 5.79. The second-order valence-electron chi connectivity index (χ2n) is 6.59. The molecule has 0 spiro atoms. The van der Waals surface area contributed by atoms with Gasteiger partial charge in [-0.15, -0.1) is 0 Å². The molecule has 6 nitrogen and oxygen atoms in total. The Labute approximate surface area is 144 Å². The molecule has 0 bridgehead atoms. The summed E-state index contributed by atoms with van der Waals surface area (Å²) in [6.07, 6.45) is 1.12. The first-order valence-electron chi connectivity index (χ1n) is 8.31. The molecule has 0 aliphatic carbocycles. The maximum atomic E-state index is 11.8. The molecule has 1 aromatic rings. The van der Waals surface area contributed by atoms with Gasteiger partial charge in [0, 0.05) is 56.3 Å². The normalized spacial score (nSPS) is 16.4. The molecule has 1 amide bonds. The average Bonchev–Trinajstić information content (AvgIpc) is 2.53. The van der Waals surface area contributed by atoms with E-state index in [1.54, 1.807) is 0 Å². The Kier molecular flexibility index (Phi) is 6.23. The lowest BCUT2D eigenvalue weighted by molar-refractivity contribution is -0.115. The summed E-state index contributed by atoms with van der Waals surface area (Å²) in [4.78, 5) is 16.6. The van der Waals surface area contributed by atoms with Crippen LogP contribution >= 0.6 is 0 Å². The Morgan fingerprint density at radius 3 is 2.21 bits per heavy atom. The number of nitrogens with one attached hydrogen (secondary N) is 1. The summed E-state index contributed by atoms with van der Waals surface area (Å²) < 4.78 is 22.2. The molecular weight excluding hydrogens is 326 g/mol. The molecule has 1 aliphatic heterocycles. The number of carbonyl (C=O) groups excluding carboxylic acids is 1. The maximum Gasteiger partial charge on any atom is 0.225 e. The topological polar surface area (TPSA) is 69.7 Å². The zero-order valence-corrected chi connectivity index (χ0v) is 15.5. The molecule has 1 heterocycles. The van der Waals surface area contributed by atoms with E-state index in [0.717, 1.165) is 38.1 Å². The Bertz CT molecular complexity index is 648. The minimum Gasteiger partial charge on any atom is -0.369 e. The van der Waals surface area contributed by atoms with Crippen molar-refractivity contribution < 1.29 is 13.2 Å². The highest BCUT2D eigenvalue weighted by molar-refractivity contribution is 7.90. The van der Waals surface area contributed by atoms with Crippen LogP contribution in [0, 0.1) is 0 Å². The lowest BCUT2D eigenvalue weighted by atomic mass is 10.2. The van der Waals surface area contributed by atoms with Crippen molar-refractivity contribution in [1.82, 2.24) is 4.90 Å². The van der Waals surface area contributed by atoms with Gasteiger partial charge >= 0.3 is 0 Å². The summed E-state index contributed by atoms with van der Waals surface area (Å²) in [5.41, 5.74) is 1.84. The third-order valence-electron chi connectivity index (χ3n) is 4.26. The van der Waals surface area contributed by atoms with Crippen molar-refractivity contribution >= 4 is 27.1 Å². The summed E-state index contributed by atoms with van der Waals surface area (Å²) in [7, 11) is -3.11. The lowest BCUT2D eigenvalue weighted by Crippen LogP contribution is -2.48. The summed E-state index contributed by atoms with van der Waals surface area (Å²) in [6.45, 7) is 8.55. The molecule has 0 radical (unpaired) electrons. The minimum absolute atomic E-state index is 0.0161. The molecule has 24 heavy (non-hydrogen) atoms. The van der Waals surface area contributed by atoms with Crippen LogP contribution in [0.15, 0.2) is 24.3 Å². The first-order chi connectivity index (χ1) is 11.2. The van der Waals surface area contributed by atoms with Crippen molar-refractivity contribution in [2.45, 2.75) is 26.3 Å². The zero-order valence-electron chi connectivity index (χ0n) is 14.7. The highest BCUT2D eigenvalue weighted by atomic mass is 32.2. The van der Waals surface area contributed by atoms with Gasteiger partial charge in [0.25, 0.3) is 0 Å². The van der Waals surface area contributed by atoms with Crippen LogP contribution in [-0.2, 0) is 14.6 Å². The number of benzene rings is 1. The molecule has 0 unspecified atom stereocenters.